The number of aromatic amines is 1. The van der Waals surface area contributed by atoms with Gasteiger partial charge in [-0.2, -0.15) is 0 Å². The number of benzene rings is 1. The molecule has 0 aliphatic heterocycles. The summed E-state index contributed by atoms with van der Waals surface area (Å²) in [5, 5.41) is 4.77. The van der Waals surface area contributed by atoms with Crippen molar-refractivity contribution in [1.29, 1.82) is 0 Å². The van der Waals surface area contributed by atoms with Crippen LogP contribution in [0.5, 0.6) is 0 Å². The van der Waals surface area contributed by atoms with E-state index in [1.54, 1.807) is 0 Å². The van der Waals surface area contributed by atoms with Crippen LogP contribution in [0, 0.1) is 6.92 Å². The van der Waals surface area contributed by atoms with Crippen molar-refractivity contribution in [2.45, 2.75) is 44.6 Å². The lowest BCUT2D eigenvalue weighted by Crippen LogP contribution is -2.29. The summed E-state index contributed by atoms with van der Waals surface area (Å²) in [4.78, 5) is 3.39. The number of fused-ring (bicyclic) bond motifs is 1. The number of hydrogen-bond donors (Lipinski definition) is 2. The summed E-state index contributed by atoms with van der Waals surface area (Å²) in [5.41, 5.74) is 4.04. The van der Waals surface area contributed by atoms with E-state index in [9.17, 15) is 0 Å². The summed E-state index contributed by atoms with van der Waals surface area (Å²) in [6.45, 7) is 2.12. The Kier molecular flexibility index (Phi) is 3.13. The van der Waals surface area contributed by atoms with Gasteiger partial charge in [0.1, 0.15) is 0 Å². The highest BCUT2D eigenvalue weighted by Crippen LogP contribution is 2.34. The Balaban J connectivity index is 1.82. The molecule has 96 valence electrons. The zero-order chi connectivity index (χ0) is 12.5. The van der Waals surface area contributed by atoms with Crippen molar-refractivity contribution < 1.29 is 0 Å². The van der Waals surface area contributed by atoms with E-state index in [2.05, 4.69) is 48.5 Å². The van der Waals surface area contributed by atoms with E-state index < -0.39 is 0 Å². The lowest BCUT2D eigenvalue weighted by Gasteiger charge is -2.28. The average Bonchev–Trinajstić information content (AvgIpc) is 2.78. The Labute approximate surface area is 109 Å². The Morgan fingerprint density at radius 2 is 1.89 bits per heavy atom. The number of aromatic nitrogens is 1. The summed E-state index contributed by atoms with van der Waals surface area (Å²) in [6, 6.07) is 9.91. The first-order valence-electron chi connectivity index (χ1n) is 7.03. The highest BCUT2D eigenvalue weighted by Gasteiger charge is 2.21. The van der Waals surface area contributed by atoms with Crippen molar-refractivity contribution in [2.24, 2.45) is 0 Å². The van der Waals surface area contributed by atoms with E-state index in [1.165, 1.54) is 47.8 Å². The highest BCUT2D eigenvalue weighted by atomic mass is 14.9. The van der Waals surface area contributed by atoms with Crippen LogP contribution in [0.3, 0.4) is 0 Å². The summed E-state index contributed by atoms with van der Waals surface area (Å²) in [6.07, 6.45) is 5.26. The normalized spacial score (nSPS) is 24.6. The minimum Gasteiger partial charge on any atom is -0.359 e. The maximum atomic E-state index is 3.40. The molecule has 0 atom stereocenters. The number of rotatable bonds is 2. The molecule has 2 aromatic rings. The molecule has 18 heavy (non-hydrogen) atoms. The summed E-state index contributed by atoms with van der Waals surface area (Å²) in [7, 11) is 2.08. The summed E-state index contributed by atoms with van der Waals surface area (Å²) >= 11 is 0. The second kappa shape index (κ2) is 4.77. The molecule has 0 saturated heterocycles. The molecule has 1 fully saturated rings. The number of H-pyrrole nitrogens is 1. The third-order valence-corrected chi connectivity index (χ3v) is 4.39. The second-order valence-corrected chi connectivity index (χ2v) is 5.64. The largest absolute Gasteiger partial charge is 0.359 e. The molecule has 2 nitrogen and oxygen atoms in total. The fourth-order valence-electron chi connectivity index (χ4n) is 3.27. The van der Waals surface area contributed by atoms with Crippen molar-refractivity contribution in [3.63, 3.8) is 0 Å². The van der Waals surface area contributed by atoms with Gasteiger partial charge in [-0.15, -0.1) is 0 Å². The molecule has 1 aromatic carbocycles. The van der Waals surface area contributed by atoms with Gasteiger partial charge in [-0.05, 0) is 74.7 Å². The van der Waals surface area contributed by atoms with Crippen molar-refractivity contribution in [1.82, 2.24) is 10.3 Å². The summed E-state index contributed by atoms with van der Waals surface area (Å²) in [5.74, 6) is 0.759. The van der Waals surface area contributed by atoms with E-state index >= 15 is 0 Å². The molecule has 0 radical (unpaired) electrons. The number of aryl methyl sites for hydroxylation is 1. The third kappa shape index (κ3) is 2.17. The quantitative estimate of drug-likeness (QED) is 0.825. The van der Waals surface area contributed by atoms with Crippen LogP contribution in [0.4, 0.5) is 0 Å². The van der Waals surface area contributed by atoms with E-state index in [0.717, 1.165) is 12.0 Å². The SMILES string of the molecule is CNC1CCC(c2ccc3[nH]c(C)cc3c2)CC1. The molecular weight excluding hydrogens is 220 g/mol. The molecule has 3 rings (SSSR count). The predicted octanol–water partition coefficient (Wildman–Crippen LogP) is 3.72. The van der Waals surface area contributed by atoms with Crippen molar-refractivity contribution >= 4 is 10.9 Å². The van der Waals surface area contributed by atoms with Crippen LogP contribution in [0.1, 0.15) is 42.9 Å². The first-order valence-corrected chi connectivity index (χ1v) is 7.03. The molecule has 0 bridgehead atoms. The van der Waals surface area contributed by atoms with E-state index in [1.807, 2.05) is 0 Å². The van der Waals surface area contributed by atoms with Crippen molar-refractivity contribution in [2.75, 3.05) is 7.05 Å². The zero-order valence-corrected chi connectivity index (χ0v) is 11.3. The van der Waals surface area contributed by atoms with Gasteiger partial charge in [0.15, 0.2) is 0 Å². The van der Waals surface area contributed by atoms with E-state index in [0.29, 0.717) is 0 Å². The lowest BCUT2D eigenvalue weighted by atomic mass is 9.81. The molecule has 1 aromatic heterocycles. The van der Waals surface area contributed by atoms with Gasteiger partial charge >= 0.3 is 0 Å². The standard InChI is InChI=1S/C16H22N2/c1-11-9-14-10-13(5-8-16(14)18-11)12-3-6-15(17-2)7-4-12/h5,8-10,12,15,17-18H,3-4,6-7H2,1-2H3. The summed E-state index contributed by atoms with van der Waals surface area (Å²) < 4.78 is 0. The molecule has 1 aliphatic rings. The van der Waals surface area contributed by atoms with Crippen molar-refractivity contribution in [3.8, 4) is 0 Å². The predicted molar refractivity (Wildman–Crippen MR) is 77.1 cm³/mol. The smallest absolute Gasteiger partial charge is 0.0456 e. The fraction of sp³-hybridized carbons (Fsp3) is 0.500. The Morgan fingerprint density at radius 1 is 1.11 bits per heavy atom. The molecular formula is C16H22N2. The van der Waals surface area contributed by atoms with Crippen LogP contribution < -0.4 is 5.32 Å². The highest BCUT2D eigenvalue weighted by molar-refractivity contribution is 5.81. The molecule has 0 spiro atoms. The zero-order valence-electron chi connectivity index (χ0n) is 11.3. The van der Waals surface area contributed by atoms with E-state index in [-0.39, 0.29) is 0 Å². The van der Waals surface area contributed by atoms with Gasteiger partial charge in [0.05, 0.1) is 0 Å². The topological polar surface area (TPSA) is 27.8 Å². The monoisotopic (exact) mass is 242 g/mol. The second-order valence-electron chi connectivity index (χ2n) is 5.64. The third-order valence-electron chi connectivity index (χ3n) is 4.39. The van der Waals surface area contributed by atoms with Crippen LogP contribution >= 0.6 is 0 Å². The van der Waals surface area contributed by atoms with Gasteiger partial charge in [-0.1, -0.05) is 6.07 Å². The van der Waals surface area contributed by atoms with Gasteiger partial charge in [-0.3, -0.25) is 0 Å². The minimum absolute atomic E-state index is 0.736. The Morgan fingerprint density at radius 3 is 2.61 bits per heavy atom. The van der Waals surface area contributed by atoms with Gasteiger partial charge in [0.2, 0.25) is 0 Å². The Bertz CT molecular complexity index is 533. The van der Waals surface area contributed by atoms with Crippen LogP contribution in [-0.4, -0.2) is 18.1 Å². The van der Waals surface area contributed by atoms with Gasteiger partial charge < -0.3 is 10.3 Å². The maximum absolute atomic E-state index is 3.40. The van der Waals surface area contributed by atoms with Crippen LogP contribution in [0.2, 0.25) is 0 Å². The Hall–Kier alpha value is -1.28. The van der Waals surface area contributed by atoms with Crippen molar-refractivity contribution in [3.05, 3.63) is 35.5 Å². The van der Waals surface area contributed by atoms with Crippen LogP contribution in [-0.2, 0) is 0 Å². The molecule has 1 aliphatic carbocycles. The van der Waals surface area contributed by atoms with Gasteiger partial charge in [-0.25, -0.2) is 0 Å². The van der Waals surface area contributed by atoms with Gasteiger partial charge in [0.25, 0.3) is 0 Å². The minimum atomic E-state index is 0.736. The number of nitrogens with one attached hydrogen (secondary N) is 2. The molecule has 1 heterocycles. The fourth-order valence-corrected chi connectivity index (χ4v) is 3.27. The van der Waals surface area contributed by atoms with Crippen LogP contribution in [0.15, 0.2) is 24.3 Å². The first-order chi connectivity index (χ1) is 8.76. The van der Waals surface area contributed by atoms with Crippen LogP contribution in [0.25, 0.3) is 10.9 Å². The molecule has 0 amide bonds. The maximum Gasteiger partial charge on any atom is 0.0456 e. The number of hydrogen-bond acceptors (Lipinski definition) is 1. The molecule has 1 saturated carbocycles. The van der Waals surface area contributed by atoms with Gasteiger partial charge in [0, 0.05) is 17.3 Å². The average molecular weight is 242 g/mol. The lowest BCUT2D eigenvalue weighted by molar-refractivity contribution is 0.359. The first kappa shape index (κ1) is 11.8. The molecule has 2 heteroatoms. The van der Waals surface area contributed by atoms with E-state index in [4.69, 9.17) is 0 Å². The molecule has 2 N–H and O–H groups in total. The molecule has 0 unspecified atom stereocenters.